The molecule has 3 N–H and O–H groups in total. The second-order valence-electron chi connectivity index (χ2n) is 3.07. The number of nitrogens with two attached hydrogens (primary N) is 1. The molecule has 0 radical (unpaired) electrons. The Bertz CT molecular complexity index is 408. The van der Waals surface area contributed by atoms with E-state index in [2.05, 4.69) is 36.4 Å². The Labute approximate surface area is 80.6 Å². The fourth-order valence-electron chi connectivity index (χ4n) is 1.24. The summed E-state index contributed by atoms with van der Waals surface area (Å²) >= 11 is 1.57. The van der Waals surface area contributed by atoms with Crippen molar-refractivity contribution >= 4 is 26.7 Å². The molecule has 1 heterocycles. The fraction of sp³-hybridized carbons (Fsp3) is 0.222. The van der Waals surface area contributed by atoms with Gasteiger partial charge in [-0.15, -0.1) is 0 Å². The minimum atomic E-state index is 0.764. The topological polar surface area (TPSA) is 50.9 Å². The predicted molar refractivity (Wildman–Crippen MR) is 56.9 cm³/mol. The Morgan fingerprint density at radius 1 is 1.31 bits per heavy atom. The largest absolute Gasteiger partial charge is 0.300 e. The molecule has 1 aromatic carbocycles. The van der Waals surface area contributed by atoms with Crippen molar-refractivity contribution in [3.8, 4) is 0 Å². The van der Waals surface area contributed by atoms with Gasteiger partial charge in [-0.3, -0.25) is 5.43 Å². The lowest BCUT2D eigenvalue weighted by atomic mass is 10.1. The molecular weight excluding hydrogens is 182 g/mol. The zero-order chi connectivity index (χ0) is 9.42. The first-order valence-electron chi connectivity index (χ1n) is 4.05. The summed E-state index contributed by atoms with van der Waals surface area (Å²) in [5, 5.41) is 0.764. The number of fused-ring (bicyclic) bond motifs is 1. The van der Waals surface area contributed by atoms with Crippen molar-refractivity contribution in [2.75, 3.05) is 5.43 Å². The summed E-state index contributed by atoms with van der Waals surface area (Å²) in [6, 6.07) is 4.23. The Morgan fingerprint density at radius 3 is 2.69 bits per heavy atom. The number of aryl methyl sites for hydroxylation is 2. The SMILES string of the molecule is Cc1cc2nc(NN)sc2cc1C. The van der Waals surface area contributed by atoms with Gasteiger partial charge in [-0.1, -0.05) is 11.3 Å². The van der Waals surface area contributed by atoms with E-state index in [0.717, 1.165) is 10.6 Å². The van der Waals surface area contributed by atoms with Gasteiger partial charge in [-0.2, -0.15) is 0 Å². The molecule has 0 amide bonds. The lowest BCUT2D eigenvalue weighted by Crippen LogP contribution is -2.05. The minimum absolute atomic E-state index is 0.764. The molecule has 0 saturated carbocycles. The molecule has 0 bridgehead atoms. The fourth-order valence-corrected chi connectivity index (χ4v) is 2.10. The van der Waals surface area contributed by atoms with Gasteiger partial charge in [0.2, 0.25) is 0 Å². The summed E-state index contributed by atoms with van der Waals surface area (Å²) in [7, 11) is 0. The van der Waals surface area contributed by atoms with Gasteiger partial charge in [0, 0.05) is 0 Å². The number of nitrogens with zero attached hydrogens (tertiary/aromatic N) is 1. The molecule has 4 heteroatoms. The molecule has 0 aliphatic rings. The van der Waals surface area contributed by atoms with Crippen molar-refractivity contribution in [1.82, 2.24) is 4.98 Å². The van der Waals surface area contributed by atoms with Crippen LogP contribution in [0.5, 0.6) is 0 Å². The Hall–Kier alpha value is -1.13. The molecule has 1 aromatic heterocycles. The average Bonchev–Trinajstić information content (AvgIpc) is 2.48. The summed E-state index contributed by atoms with van der Waals surface area (Å²) in [6.07, 6.45) is 0. The van der Waals surface area contributed by atoms with Crippen LogP contribution in [0.2, 0.25) is 0 Å². The highest BCUT2D eigenvalue weighted by molar-refractivity contribution is 7.22. The smallest absolute Gasteiger partial charge is 0.198 e. The van der Waals surface area contributed by atoms with Crippen molar-refractivity contribution in [2.24, 2.45) is 5.84 Å². The van der Waals surface area contributed by atoms with Gasteiger partial charge in [0.15, 0.2) is 5.13 Å². The van der Waals surface area contributed by atoms with Crippen molar-refractivity contribution in [1.29, 1.82) is 0 Å². The number of thiazole rings is 1. The van der Waals surface area contributed by atoms with E-state index in [-0.39, 0.29) is 0 Å². The van der Waals surface area contributed by atoms with Gasteiger partial charge >= 0.3 is 0 Å². The number of hydrazine groups is 1. The normalized spacial score (nSPS) is 10.7. The third-order valence-electron chi connectivity index (χ3n) is 2.13. The lowest BCUT2D eigenvalue weighted by molar-refractivity contribution is 1.30. The van der Waals surface area contributed by atoms with E-state index in [1.807, 2.05) is 0 Å². The zero-order valence-corrected chi connectivity index (χ0v) is 8.40. The van der Waals surface area contributed by atoms with Crippen LogP contribution in [0.15, 0.2) is 12.1 Å². The monoisotopic (exact) mass is 193 g/mol. The predicted octanol–water partition coefficient (Wildman–Crippen LogP) is 2.20. The number of anilines is 1. The molecule has 0 saturated heterocycles. The molecule has 0 aliphatic carbocycles. The zero-order valence-electron chi connectivity index (χ0n) is 7.59. The van der Waals surface area contributed by atoms with Crippen molar-refractivity contribution < 1.29 is 0 Å². The van der Waals surface area contributed by atoms with Crippen LogP contribution in [-0.2, 0) is 0 Å². The van der Waals surface area contributed by atoms with Crippen LogP contribution in [0, 0.1) is 13.8 Å². The molecule has 13 heavy (non-hydrogen) atoms. The first-order chi connectivity index (χ1) is 6.20. The van der Waals surface area contributed by atoms with Crippen LogP contribution in [0.4, 0.5) is 5.13 Å². The summed E-state index contributed by atoms with van der Waals surface area (Å²) in [6.45, 7) is 4.19. The Morgan fingerprint density at radius 2 is 2.00 bits per heavy atom. The quantitative estimate of drug-likeness (QED) is 0.539. The first-order valence-corrected chi connectivity index (χ1v) is 4.87. The number of hydrogen-bond donors (Lipinski definition) is 2. The molecule has 0 fully saturated rings. The number of nitrogen functional groups attached to an aromatic ring is 1. The van der Waals surface area contributed by atoms with Gasteiger partial charge in [-0.05, 0) is 37.1 Å². The second kappa shape index (κ2) is 2.97. The average molecular weight is 193 g/mol. The molecule has 68 valence electrons. The first kappa shape index (κ1) is 8.47. The number of nitrogens with one attached hydrogen (secondary N) is 1. The van der Waals surface area contributed by atoms with Crippen LogP contribution in [-0.4, -0.2) is 4.98 Å². The third-order valence-corrected chi connectivity index (χ3v) is 3.08. The highest BCUT2D eigenvalue weighted by atomic mass is 32.1. The molecular formula is C9H11N3S. The lowest BCUT2D eigenvalue weighted by Gasteiger charge is -1.96. The number of aromatic nitrogens is 1. The molecule has 0 spiro atoms. The highest BCUT2D eigenvalue weighted by Crippen LogP contribution is 2.27. The summed E-state index contributed by atoms with van der Waals surface area (Å²) in [5.74, 6) is 5.29. The molecule has 3 nitrogen and oxygen atoms in total. The van der Waals surface area contributed by atoms with Crippen LogP contribution in [0.1, 0.15) is 11.1 Å². The standard InChI is InChI=1S/C9H11N3S/c1-5-3-7-8(4-6(5)2)13-9(11-7)12-10/h3-4H,10H2,1-2H3,(H,11,12). The van der Waals surface area contributed by atoms with E-state index in [1.165, 1.54) is 15.8 Å². The third kappa shape index (κ3) is 1.38. The van der Waals surface area contributed by atoms with Gasteiger partial charge in [0.05, 0.1) is 10.2 Å². The second-order valence-corrected chi connectivity index (χ2v) is 4.10. The molecule has 0 aliphatic heterocycles. The minimum Gasteiger partial charge on any atom is -0.300 e. The maximum Gasteiger partial charge on any atom is 0.198 e. The molecule has 0 unspecified atom stereocenters. The van der Waals surface area contributed by atoms with Crippen LogP contribution in [0.25, 0.3) is 10.2 Å². The molecule has 2 aromatic rings. The number of benzene rings is 1. The van der Waals surface area contributed by atoms with E-state index in [4.69, 9.17) is 5.84 Å². The van der Waals surface area contributed by atoms with Crippen molar-refractivity contribution in [3.63, 3.8) is 0 Å². The Balaban J connectivity index is 2.70. The maximum atomic E-state index is 5.29. The molecule has 2 rings (SSSR count). The van der Waals surface area contributed by atoms with Gasteiger partial charge in [-0.25, -0.2) is 10.8 Å². The summed E-state index contributed by atoms with van der Waals surface area (Å²) in [5.41, 5.74) is 6.13. The Kier molecular flexibility index (Phi) is 1.94. The van der Waals surface area contributed by atoms with Crippen LogP contribution < -0.4 is 11.3 Å². The summed E-state index contributed by atoms with van der Waals surface area (Å²) < 4.78 is 1.18. The van der Waals surface area contributed by atoms with Gasteiger partial charge in [0.25, 0.3) is 0 Å². The van der Waals surface area contributed by atoms with Gasteiger partial charge in [0.1, 0.15) is 0 Å². The molecule has 0 atom stereocenters. The van der Waals surface area contributed by atoms with Crippen LogP contribution >= 0.6 is 11.3 Å². The van der Waals surface area contributed by atoms with E-state index < -0.39 is 0 Å². The van der Waals surface area contributed by atoms with Gasteiger partial charge < -0.3 is 0 Å². The van der Waals surface area contributed by atoms with Crippen molar-refractivity contribution in [2.45, 2.75) is 13.8 Å². The van der Waals surface area contributed by atoms with E-state index in [9.17, 15) is 0 Å². The number of rotatable bonds is 1. The van der Waals surface area contributed by atoms with E-state index in [0.29, 0.717) is 0 Å². The van der Waals surface area contributed by atoms with E-state index in [1.54, 1.807) is 11.3 Å². The summed E-state index contributed by atoms with van der Waals surface area (Å²) in [4.78, 5) is 4.32. The van der Waals surface area contributed by atoms with Crippen molar-refractivity contribution in [3.05, 3.63) is 23.3 Å². The number of hydrogen-bond acceptors (Lipinski definition) is 4. The van der Waals surface area contributed by atoms with E-state index >= 15 is 0 Å². The maximum absolute atomic E-state index is 5.29. The highest BCUT2D eigenvalue weighted by Gasteiger charge is 2.03. The van der Waals surface area contributed by atoms with Crippen LogP contribution in [0.3, 0.4) is 0 Å².